The molecule has 130 valence electrons. The van der Waals surface area contributed by atoms with Gasteiger partial charge in [0.05, 0.1) is 31.3 Å². The number of rotatable bonds is 8. The molecule has 5 heteroatoms. The summed E-state index contributed by atoms with van der Waals surface area (Å²) in [7, 11) is 0. The molecule has 2 saturated heterocycles. The fourth-order valence-electron chi connectivity index (χ4n) is 2.54. The van der Waals surface area contributed by atoms with Crippen molar-refractivity contribution < 1.29 is 24.5 Å². The van der Waals surface area contributed by atoms with Gasteiger partial charge in [-0.1, -0.05) is 39.5 Å². The number of carbonyl (C=O) groups is 1. The van der Waals surface area contributed by atoms with E-state index in [1.54, 1.807) is 0 Å². The van der Waals surface area contributed by atoms with Gasteiger partial charge in [-0.05, 0) is 12.8 Å². The number of hydrogen-bond donors (Lipinski definition) is 2. The van der Waals surface area contributed by atoms with E-state index >= 15 is 0 Å². The molecule has 2 fully saturated rings. The van der Waals surface area contributed by atoms with Crippen LogP contribution in [0.5, 0.6) is 0 Å². The molecule has 2 rings (SSSR count). The average molecular weight is 316 g/mol. The van der Waals surface area contributed by atoms with Gasteiger partial charge in [0.15, 0.2) is 0 Å². The summed E-state index contributed by atoms with van der Waals surface area (Å²) >= 11 is 0. The van der Waals surface area contributed by atoms with Crippen molar-refractivity contribution >= 4 is 5.97 Å². The zero-order chi connectivity index (χ0) is 16.4. The van der Waals surface area contributed by atoms with Crippen molar-refractivity contribution in [3.63, 3.8) is 0 Å². The first kappa shape index (κ1) is 19.4. The van der Waals surface area contributed by atoms with Gasteiger partial charge < -0.3 is 19.7 Å². The average Bonchev–Trinajstić information content (AvgIpc) is 3.26. The lowest BCUT2D eigenvalue weighted by molar-refractivity contribution is -0.160. The summed E-state index contributed by atoms with van der Waals surface area (Å²) in [6, 6.07) is 0. The molecule has 5 nitrogen and oxygen atoms in total. The molecule has 0 saturated carbocycles. The van der Waals surface area contributed by atoms with E-state index in [1.807, 2.05) is 0 Å². The minimum atomic E-state index is -0.479. The Bertz CT molecular complexity index is 303. The van der Waals surface area contributed by atoms with Crippen LogP contribution in [0.25, 0.3) is 0 Å². The quantitative estimate of drug-likeness (QED) is 0.531. The Hall–Kier alpha value is -0.650. The molecule has 2 N–H and O–H groups in total. The zero-order valence-electron chi connectivity index (χ0n) is 14.0. The van der Waals surface area contributed by atoms with Crippen LogP contribution < -0.4 is 0 Å². The second-order valence-electron chi connectivity index (χ2n) is 6.33. The Labute approximate surface area is 134 Å². The Morgan fingerprint density at radius 1 is 1.23 bits per heavy atom. The van der Waals surface area contributed by atoms with Crippen molar-refractivity contribution in [2.45, 2.75) is 96.1 Å². The molecular weight excluding hydrogens is 284 g/mol. The lowest BCUT2D eigenvalue weighted by atomic mass is 10.0. The van der Waals surface area contributed by atoms with E-state index in [9.17, 15) is 15.0 Å². The van der Waals surface area contributed by atoms with Crippen LogP contribution in [0, 0.1) is 0 Å². The van der Waals surface area contributed by atoms with Gasteiger partial charge in [-0.3, -0.25) is 4.79 Å². The first-order valence-corrected chi connectivity index (χ1v) is 8.72. The number of epoxide rings is 1. The Kier molecular flexibility index (Phi) is 9.68. The number of carbonyl (C=O) groups excluding carboxylic acids is 1. The van der Waals surface area contributed by atoms with E-state index in [1.165, 1.54) is 6.42 Å². The van der Waals surface area contributed by atoms with Gasteiger partial charge in [0.2, 0.25) is 0 Å². The molecule has 0 radical (unpaired) electrons. The number of esters is 1. The third-order valence-corrected chi connectivity index (χ3v) is 3.94. The summed E-state index contributed by atoms with van der Waals surface area (Å²) in [5, 5.41) is 18.6. The standard InChI is InChI=1S/C9H16O3.C8H16O2/c1-2-3-4-8-5-7(10)6-9(11)12-8;1-2-3-4-7(9)5-8-6-10-8/h7-8,10H,2-6H2,1H3;7-9H,2-6H2,1H3/t2*7-,8-/m11/s1. The molecule has 0 bridgehead atoms. The smallest absolute Gasteiger partial charge is 0.308 e. The molecule has 22 heavy (non-hydrogen) atoms. The molecule has 0 aromatic heterocycles. The SMILES string of the molecule is CCCC[C@@H](O)C[C@@H]1CO1.CCCC[C@@H]1C[C@@H](O)CC(=O)O1. The molecule has 2 aliphatic heterocycles. The maximum atomic E-state index is 10.9. The maximum Gasteiger partial charge on any atom is 0.308 e. The monoisotopic (exact) mass is 316 g/mol. The molecule has 2 aliphatic rings. The lowest BCUT2D eigenvalue weighted by Crippen LogP contribution is -2.32. The molecular formula is C17H32O5. The van der Waals surface area contributed by atoms with Crippen LogP contribution in [-0.4, -0.2) is 47.2 Å². The number of aliphatic hydroxyl groups is 2. The fourth-order valence-corrected chi connectivity index (χ4v) is 2.54. The normalized spacial score (nSPS) is 28.4. The fraction of sp³-hybridized carbons (Fsp3) is 0.941. The van der Waals surface area contributed by atoms with Gasteiger partial charge in [0.1, 0.15) is 6.10 Å². The van der Waals surface area contributed by atoms with E-state index in [-0.39, 0.29) is 24.6 Å². The summed E-state index contributed by atoms with van der Waals surface area (Å²) in [5.74, 6) is -0.255. The summed E-state index contributed by atoms with van der Waals surface area (Å²) < 4.78 is 10.1. The third-order valence-electron chi connectivity index (χ3n) is 3.94. The topological polar surface area (TPSA) is 79.3 Å². The first-order valence-electron chi connectivity index (χ1n) is 8.72. The van der Waals surface area contributed by atoms with Crippen molar-refractivity contribution in [3.05, 3.63) is 0 Å². The molecule has 0 aliphatic carbocycles. The highest BCUT2D eigenvalue weighted by atomic mass is 16.6. The highest BCUT2D eigenvalue weighted by Gasteiger charge is 2.26. The van der Waals surface area contributed by atoms with Crippen LogP contribution in [0.1, 0.15) is 71.6 Å². The predicted octanol–water partition coefficient (Wildman–Crippen LogP) is 2.57. The van der Waals surface area contributed by atoms with E-state index < -0.39 is 6.10 Å². The van der Waals surface area contributed by atoms with E-state index in [0.717, 1.165) is 45.1 Å². The Morgan fingerprint density at radius 3 is 2.45 bits per heavy atom. The summed E-state index contributed by atoms with van der Waals surface area (Å²) in [5.41, 5.74) is 0. The van der Waals surface area contributed by atoms with Crippen LogP contribution in [0.15, 0.2) is 0 Å². The highest BCUT2D eigenvalue weighted by molar-refractivity contribution is 5.70. The number of cyclic esters (lactones) is 1. The minimum Gasteiger partial charge on any atom is -0.462 e. The summed E-state index contributed by atoms with van der Waals surface area (Å²) in [6.07, 6.45) is 7.67. The van der Waals surface area contributed by atoms with Crippen LogP contribution in [-0.2, 0) is 14.3 Å². The van der Waals surface area contributed by atoms with E-state index in [2.05, 4.69) is 13.8 Å². The van der Waals surface area contributed by atoms with Crippen molar-refractivity contribution in [2.75, 3.05) is 6.61 Å². The minimum absolute atomic E-state index is 0.0406. The largest absolute Gasteiger partial charge is 0.462 e. The number of unbranched alkanes of at least 4 members (excludes halogenated alkanes) is 2. The van der Waals surface area contributed by atoms with Crippen LogP contribution >= 0.6 is 0 Å². The third kappa shape index (κ3) is 9.38. The van der Waals surface area contributed by atoms with Gasteiger partial charge in [-0.25, -0.2) is 0 Å². The molecule has 0 spiro atoms. The molecule has 0 unspecified atom stereocenters. The molecule has 4 atom stereocenters. The van der Waals surface area contributed by atoms with Crippen LogP contribution in [0.3, 0.4) is 0 Å². The first-order chi connectivity index (χ1) is 10.5. The van der Waals surface area contributed by atoms with Crippen molar-refractivity contribution in [2.24, 2.45) is 0 Å². The van der Waals surface area contributed by atoms with Gasteiger partial charge in [0, 0.05) is 12.8 Å². The second kappa shape index (κ2) is 11.0. The summed E-state index contributed by atoms with van der Waals surface area (Å²) in [4.78, 5) is 10.9. The second-order valence-corrected chi connectivity index (χ2v) is 6.33. The number of aliphatic hydroxyl groups excluding tert-OH is 2. The van der Waals surface area contributed by atoms with E-state index in [0.29, 0.717) is 12.5 Å². The predicted molar refractivity (Wildman–Crippen MR) is 84.5 cm³/mol. The highest BCUT2D eigenvalue weighted by Crippen LogP contribution is 2.19. The van der Waals surface area contributed by atoms with Gasteiger partial charge in [-0.15, -0.1) is 0 Å². The summed E-state index contributed by atoms with van der Waals surface area (Å²) in [6.45, 7) is 5.10. The van der Waals surface area contributed by atoms with Crippen molar-refractivity contribution in [1.82, 2.24) is 0 Å². The molecule has 0 aromatic carbocycles. The van der Waals surface area contributed by atoms with Crippen molar-refractivity contribution in [3.8, 4) is 0 Å². The Morgan fingerprint density at radius 2 is 1.91 bits per heavy atom. The van der Waals surface area contributed by atoms with Gasteiger partial charge >= 0.3 is 5.97 Å². The number of ether oxygens (including phenoxy) is 2. The van der Waals surface area contributed by atoms with Gasteiger partial charge in [0.25, 0.3) is 0 Å². The maximum absolute atomic E-state index is 10.9. The van der Waals surface area contributed by atoms with Crippen LogP contribution in [0.2, 0.25) is 0 Å². The Balaban J connectivity index is 0.000000224. The zero-order valence-corrected chi connectivity index (χ0v) is 14.0. The molecule has 0 aromatic rings. The lowest BCUT2D eigenvalue weighted by Gasteiger charge is -2.25. The number of hydrogen-bond acceptors (Lipinski definition) is 5. The van der Waals surface area contributed by atoms with Crippen LogP contribution in [0.4, 0.5) is 0 Å². The van der Waals surface area contributed by atoms with Gasteiger partial charge in [-0.2, -0.15) is 0 Å². The molecule has 0 amide bonds. The van der Waals surface area contributed by atoms with E-state index in [4.69, 9.17) is 9.47 Å². The van der Waals surface area contributed by atoms with Crippen molar-refractivity contribution in [1.29, 1.82) is 0 Å². The molecule has 2 heterocycles.